The first-order valence-corrected chi connectivity index (χ1v) is 8.19. The van der Waals surface area contributed by atoms with Crippen LogP contribution in [0.5, 0.6) is 0 Å². The van der Waals surface area contributed by atoms with Crippen LogP contribution in [0, 0.1) is 11.8 Å². The Hall–Kier alpha value is -0.410. The molecule has 0 bridgehead atoms. The maximum absolute atomic E-state index is 12.6. The van der Waals surface area contributed by atoms with Crippen molar-refractivity contribution >= 4 is 0 Å². The normalized spacial score (nSPS) is 40.3. The molecule has 4 atom stereocenters. The van der Waals surface area contributed by atoms with Gasteiger partial charge in [-0.25, -0.2) is 0 Å². The molecule has 0 radical (unpaired) electrons. The van der Waals surface area contributed by atoms with Crippen molar-refractivity contribution in [2.45, 2.75) is 62.6 Å². The van der Waals surface area contributed by atoms with E-state index in [0.717, 1.165) is 0 Å². The van der Waals surface area contributed by atoms with E-state index in [2.05, 4.69) is 0 Å². The lowest BCUT2D eigenvalue weighted by molar-refractivity contribution is -0.184. The largest absolute Gasteiger partial charge is 0.395 e. The highest BCUT2D eigenvalue weighted by molar-refractivity contribution is 4.94. The number of nitrogens with zero attached hydrogens (tertiary/aromatic N) is 1. The van der Waals surface area contributed by atoms with E-state index in [1.165, 1.54) is 0 Å². The van der Waals surface area contributed by atoms with Gasteiger partial charge in [0.25, 0.3) is 0 Å². The van der Waals surface area contributed by atoms with E-state index in [9.17, 15) is 33.6 Å². The molecule has 2 aliphatic rings. The molecule has 8 heteroatoms. The minimum atomic E-state index is -4.11. The van der Waals surface area contributed by atoms with Gasteiger partial charge in [-0.1, -0.05) is 0 Å². The first-order chi connectivity index (χ1) is 10.7. The predicted molar refractivity (Wildman–Crippen MR) is 76.6 cm³/mol. The van der Waals surface area contributed by atoms with Crippen molar-refractivity contribution in [3.63, 3.8) is 0 Å². The summed E-state index contributed by atoms with van der Waals surface area (Å²) in [6, 6.07) is -0.653. The molecule has 0 amide bonds. The van der Waals surface area contributed by atoms with Gasteiger partial charge in [0, 0.05) is 6.54 Å². The molecule has 1 heterocycles. The van der Waals surface area contributed by atoms with E-state index < -0.39 is 36.4 Å². The molecule has 1 saturated carbocycles. The minimum absolute atomic E-state index is 0.140. The van der Waals surface area contributed by atoms with E-state index in [1.807, 2.05) is 0 Å². The molecular formula is C15H26F3NO4. The number of hydrogen-bond donors (Lipinski definition) is 4. The summed E-state index contributed by atoms with van der Waals surface area (Å²) in [4.78, 5) is 1.72. The summed E-state index contributed by atoms with van der Waals surface area (Å²) in [5.74, 6) is -1.01. The second-order valence-corrected chi connectivity index (χ2v) is 6.84. The van der Waals surface area contributed by atoms with Crippen molar-refractivity contribution in [3.8, 4) is 0 Å². The zero-order valence-electron chi connectivity index (χ0n) is 13.0. The van der Waals surface area contributed by atoms with Crippen molar-refractivity contribution in [1.82, 2.24) is 4.90 Å². The van der Waals surface area contributed by atoms with Gasteiger partial charge >= 0.3 is 6.18 Å². The van der Waals surface area contributed by atoms with Crippen LogP contribution < -0.4 is 0 Å². The molecule has 2 rings (SSSR count). The molecule has 0 unspecified atom stereocenters. The molecule has 23 heavy (non-hydrogen) atoms. The van der Waals surface area contributed by atoms with Crippen LogP contribution in [0.3, 0.4) is 0 Å². The van der Waals surface area contributed by atoms with Gasteiger partial charge in [0.1, 0.15) is 12.2 Å². The van der Waals surface area contributed by atoms with Crippen LogP contribution >= 0.6 is 0 Å². The fourth-order valence-corrected chi connectivity index (χ4v) is 3.76. The maximum Gasteiger partial charge on any atom is 0.391 e. The van der Waals surface area contributed by atoms with E-state index >= 15 is 0 Å². The van der Waals surface area contributed by atoms with Crippen LogP contribution in [0.1, 0.15) is 32.1 Å². The maximum atomic E-state index is 12.6. The molecule has 0 spiro atoms. The van der Waals surface area contributed by atoms with E-state index in [0.29, 0.717) is 25.8 Å². The number of aliphatic hydroxyl groups is 4. The highest BCUT2D eigenvalue weighted by Crippen LogP contribution is 2.40. The van der Waals surface area contributed by atoms with Crippen LogP contribution in [0.2, 0.25) is 0 Å². The van der Waals surface area contributed by atoms with Crippen LogP contribution in [-0.4, -0.2) is 75.6 Å². The van der Waals surface area contributed by atoms with Gasteiger partial charge in [-0.2, -0.15) is 13.2 Å². The topological polar surface area (TPSA) is 84.2 Å². The van der Waals surface area contributed by atoms with Crippen LogP contribution in [-0.2, 0) is 0 Å². The summed E-state index contributed by atoms with van der Waals surface area (Å²) >= 11 is 0. The van der Waals surface area contributed by atoms with Crippen LogP contribution in [0.15, 0.2) is 0 Å². The van der Waals surface area contributed by atoms with Crippen molar-refractivity contribution < 1.29 is 33.6 Å². The lowest BCUT2D eigenvalue weighted by Gasteiger charge is -2.43. The smallest absolute Gasteiger partial charge is 0.391 e. The molecular weight excluding hydrogens is 315 g/mol. The molecule has 136 valence electrons. The lowest BCUT2D eigenvalue weighted by atomic mass is 9.80. The van der Waals surface area contributed by atoms with Gasteiger partial charge in [0.05, 0.1) is 24.7 Å². The average Bonchev–Trinajstić information content (AvgIpc) is 2.50. The van der Waals surface area contributed by atoms with Gasteiger partial charge in [0.15, 0.2) is 0 Å². The standard InChI is InChI=1S/C15H26F3NO4/c16-15(17,18)10-3-1-9(2-4-10)5-6-19-7-12(21)14(23)13(22)11(19)8-20/h9-14,20-23H,1-8H2/t9-,10-,11-,12-,13+,14+/m0/s1. The first kappa shape index (κ1) is 18.9. The third-order valence-electron chi connectivity index (χ3n) is 5.35. The molecule has 0 aromatic carbocycles. The summed E-state index contributed by atoms with van der Waals surface area (Å²) in [5.41, 5.74) is 0. The second kappa shape index (κ2) is 7.65. The Labute approximate surface area is 133 Å². The minimum Gasteiger partial charge on any atom is -0.395 e. The number of likely N-dealkylation sites (tertiary alicyclic amines) is 1. The molecule has 1 saturated heterocycles. The average molecular weight is 341 g/mol. The quantitative estimate of drug-likeness (QED) is 0.599. The first-order valence-electron chi connectivity index (χ1n) is 8.19. The Morgan fingerprint density at radius 3 is 2.09 bits per heavy atom. The van der Waals surface area contributed by atoms with Gasteiger partial charge in [0.2, 0.25) is 0 Å². The third-order valence-corrected chi connectivity index (χ3v) is 5.35. The number of aliphatic hydroxyl groups excluding tert-OH is 4. The molecule has 0 aromatic rings. The molecule has 0 aromatic heterocycles. The van der Waals surface area contributed by atoms with Crippen molar-refractivity contribution in [1.29, 1.82) is 0 Å². The summed E-state index contributed by atoms with van der Waals surface area (Å²) < 4.78 is 37.9. The zero-order valence-corrected chi connectivity index (χ0v) is 13.0. The Balaban J connectivity index is 1.81. The number of piperidine rings is 1. The molecule has 1 aliphatic carbocycles. The van der Waals surface area contributed by atoms with Crippen LogP contribution in [0.25, 0.3) is 0 Å². The molecule has 4 N–H and O–H groups in total. The lowest BCUT2D eigenvalue weighted by Crippen LogP contribution is -2.62. The SMILES string of the molecule is OC[C@H]1[C@@H](O)[C@H](O)[C@@H](O)CN1CC[C@H]1CC[C@H](C(F)(F)F)CC1. The van der Waals surface area contributed by atoms with E-state index in [1.54, 1.807) is 4.90 Å². The van der Waals surface area contributed by atoms with Crippen molar-refractivity contribution in [3.05, 3.63) is 0 Å². The van der Waals surface area contributed by atoms with Gasteiger partial charge in [-0.3, -0.25) is 4.90 Å². The van der Waals surface area contributed by atoms with Crippen LogP contribution in [0.4, 0.5) is 13.2 Å². The summed E-state index contributed by atoms with van der Waals surface area (Å²) in [6.45, 7) is 0.278. The third kappa shape index (κ3) is 4.57. The summed E-state index contributed by atoms with van der Waals surface area (Å²) in [7, 11) is 0. The zero-order chi connectivity index (χ0) is 17.2. The highest BCUT2D eigenvalue weighted by atomic mass is 19.4. The van der Waals surface area contributed by atoms with Crippen molar-refractivity contribution in [2.24, 2.45) is 11.8 Å². The van der Waals surface area contributed by atoms with E-state index in [-0.39, 0.29) is 31.9 Å². The van der Waals surface area contributed by atoms with Crippen molar-refractivity contribution in [2.75, 3.05) is 19.7 Å². The summed E-state index contributed by atoms with van der Waals surface area (Å²) in [6.07, 6.45) is -5.70. The summed E-state index contributed by atoms with van der Waals surface area (Å²) in [5, 5.41) is 38.7. The Morgan fingerprint density at radius 1 is 0.957 bits per heavy atom. The number of alkyl halides is 3. The predicted octanol–water partition coefficient (Wildman–Crippen LogP) is 0.504. The Morgan fingerprint density at radius 2 is 1.57 bits per heavy atom. The number of halogens is 3. The molecule has 5 nitrogen and oxygen atoms in total. The Bertz CT molecular complexity index is 374. The number of hydrogen-bond acceptors (Lipinski definition) is 5. The molecule has 2 fully saturated rings. The van der Waals surface area contributed by atoms with Gasteiger partial charge < -0.3 is 20.4 Å². The van der Waals surface area contributed by atoms with Gasteiger partial charge in [-0.15, -0.1) is 0 Å². The Kier molecular flexibility index (Phi) is 6.29. The van der Waals surface area contributed by atoms with E-state index in [4.69, 9.17) is 0 Å². The number of rotatable bonds is 4. The highest BCUT2D eigenvalue weighted by Gasteiger charge is 2.43. The molecule has 1 aliphatic heterocycles. The second-order valence-electron chi connectivity index (χ2n) is 6.84. The van der Waals surface area contributed by atoms with Gasteiger partial charge in [-0.05, 0) is 44.6 Å². The number of β-amino-alcohol motifs (C(OH)–C–C–N with tert-alkyl or cyclic N) is 1. The fraction of sp³-hybridized carbons (Fsp3) is 1.00. The monoisotopic (exact) mass is 341 g/mol. The fourth-order valence-electron chi connectivity index (χ4n) is 3.76.